The summed E-state index contributed by atoms with van der Waals surface area (Å²) in [5.74, 6) is 1.04. The van der Waals surface area contributed by atoms with Crippen LogP contribution in [0.5, 0.6) is 11.5 Å². The van der Waals surface area contributed by atoms with Gasteiger partial charge < -0.3 is 15.9 Å². The second kappa shape index (κ2) is 7.97. The van der Waals surface area contributed by atoms with Gasteiger partial charge >= 0.3 is 0 Å². The van der Waals surface area contributed by atoms with Crippen LogP contribution in [-0.2, 0) is 5.75 Å². The molecule has 0 saturated carbocycles. The van der Waals surface area contributed by atoms with Gasteiger partial charge in [0.05, 0.1) is 0 Å². The van der Waals surface area contributed by atoms with E-state index in [0.29, 0.717) is 11.4 Å². The molecule has 1 aliphatic rings. The molecule has 0 saturated heterocycles. The molecule has 146 valence electrons. The highest BCUT2D eigenvalue weighted by atomic mass is 32.2. The maximum atomic E-state index is 10.0. The van der Waals surface area contributed by atoms with Crippen LogP contribution in [0.1, 0.15) is 22.7 Å². The summed E-state index contributed by atoms with van der Waals surface area (Å²) >= 11 is 1.56. The molecule has 0 radical (unpaired) electrons. The van der Waals surface area contributed by atoms with Crippen molar-refractivity contribution in [3.63, 3.8) is 0 Å². The van der Waals surface area contributed by atoms with Crippen LogP contribution in [0.4, 0.5) is 5.82 Å². The average Bonchev–Trinajstić information content (AvgIpc) is 3.52. The number of nitrogens with two attached hydrogens (primary N) is 1. The molecule has 2 heterocycles. The van der Waals surface area contributed by atoms with Crippen LogP contribution in [0.25, 0.3) is 11.1 Å². The smallest absolute Gasteiger partial charge is 0.131 e. The van der Waals surface area contributed by atoms with Gasteiger partial charge in [0, 0.05) is 48.0 Å². The molecular weight excluding hydrogens is 384 g/mol. The Labute approximate surface area is 172 Å². The van der Waals surface area contributed by atoms with Gasteiger partial charge in [0.1, 0.15) is 28.4 Å². The van der Waals surface area contributed by atoms with Crippen LogP contribution in [0, 0.1) is 0 Å². The first-order valence-corrected chi connectivity index (χ1v) is 10.0. The standard InChI is InChI=1S/C22H20N4O2S/c1-24-10-17-19(14-7-15(27)9-16(28)8-14)20(18-11-25-18)21(23)26-22(17)29-12-13-5-3-2-4-6-13/h2-11,18,27-28H,12H2,1H3,(H2,23,26). The fourth-order valence-corrected chi connectivity index (χ4v) is 4.21. The average molecular weight is 404 g/mol. The van der Waals surface area contributed by atoms with Crippen molar-refractivity contribution in [3.8, 4) is 22.6 Å². The third-order valence-corrected chi connectivity index (χ3v) is 5.59. The molecule has 7 heteroatoms. The first-order chi connectivity index (χ1) is 14.1. The number of phenolic OH excluding ortho intramolecular Hbond substituents is 2. The predicted octanol–water partition coefficient (Wildman–Crippen LogP) is 4.21. The highest BCUT2D eigenvalue weighted by Crippen LogP contribution is 2.43. The molecular formula is C22H20N4O2S. The van der Waals surface area contributed by atoms with Gasteiger partial charge in [-0.05, 0) is 23.3 Å². The minimum atomic E-state index is -0.154. The Morgan fingerprint density at radius 3 is 2.45 bits per heavy atom. The second-order valence-corrected chi connectivity index (χ2v) is 7.61. The molecule has 6 nitrogen and oxygen atoms in total. The number of aromatic nitrogens is 1. The largest absolute Gasteiger partial charge is 0.508 e. The quantitative estimate of drug-likeness (QED) is 0.422. The molecule has 29 heavy (non-hydrogen) atoms. The number of benzene rings is 2. The monoisotopic (exact) mass is 404 g/mol. The Balaban J connectivity index is 1.87. The lowest BCUT2D eigenvalue weighted by molar-refractivity contribution is 0.451. The third kappa shape index (κ3) is 4.09. The van der Waals surface area contributed by atoms with Crippen LogP contribution in [0.2, 0.25) is 0 Å². The highest BCUT2D eigenvalue weighted by Gasteiger charge is 2.28. The zero-order valence-corrected chi connectivity index (χ0v) is 16.6. The van der Waals surface area contributed by atoms with Gasteiger partial charge in [-0.25, -0.2) is 4.98 Å². The number of aromatic hydroxyl groups is 2. The minimum absolute atomic E-state index is 0.0316. The van der Waals surface area contributed by atoms with Crippen molar-refractivity contribution in [2.24, 2.45) is 9.98 Å². The molecule has 0 spiro atoms. The van der Waals surface area contributed by atoms with E-state index in [1.165, 1.54) is 11.6 Å². The molecule has 1 unspecified atom stereocenters. The molecule has 4 N–H and O–H groups in total. The van der Waals surface area contributed by atoms with Crippen molar-refractivity contribution in [2.45, 2.75) is 16.8 Å². The van der Waals surface area contributed by atoms with Crippen molar-refractivity contribution >= 4 is 30.0 Å². The lowest BCUT2D eigenvalue weighted by atomic mass is 9.93. The molecule has 1 aliphatic heterocycles. The van der Waals surface area contributed by atoms with E-state index in [9.17, 15) is 10.2 Å². The number of anilines is 1. The molecule has 2 aromatic carbocycles. The molecule has 0 fully saturated rings. The zero-order chi connectivity index (χ0) is 20.4. The number of thioether (sulfide) groups is 1. The fourth-order valence-electron chi connectivity index (χ4n) is 3.24. The van der Waals surface area contributed by atoms with Gasteiger partial charge in [0.15, 0.2) is 0 Å². The summed E-state index contributed by atoms with van der Waals surface area (Å²) in [6.07, 6.45) is 3.53. The van der Waals surface area contributed by atoms with E-state index < -0.39 is 0 Å². The van der Waals surface area contributed by atoms with E-state index in [2.05, 4.69) is 27.1 Å². The van der Waals surface area contributed by atoms with Gasteiger partial charge in [0.25, 0.3) is 0 Å². The molecule has 1 atom stereocenters. The number of hydrogen-bond donors (Lipinski definition) is 3. The second-order valence-electron chi connectivity index (χ2n) is 6.65. The lowest BCUT2D eigenvalue weighted by Crippen LogP contribution is -2.07. The number of hydrogen-bond acceptors (Lipinski definition) is 7. The number of aliphatic imine (C=N–C) groups is 2. The maximum absolute atomic E-state index is 10.0. The van der Waals surface area contributed by atoms with Gasteiger partial charge in [-0.2, -0.15) is 0 Å². The van der Waals surface area contributed by atoms with Crippen LogP contribution < -0.4 is 5.73 Å². The van der Waals surface area contributed by atoms with Crippen LogP contribution in [0.3, 0.4) is 0 Å². The Morgan fingerprint density at radius 2 is 1.83 bits per heavy atom. The van der Waals surface area contributed by atoms with Gasteiger partial charge in [0.2, 0.25) is 0 Å². The number of phenols is 2. The summed E-state index contributed by atoms with van der Waals surface area (Å²) in [5, 5.41) is 20.8. The van der Waals surface area contributed by atoms with Gasteiger partial charge in [-0.1, -0.05) is 30.3 Å². The minimum Gasteiger partial charge on any atom is -0.508 e. The van der Waals surface area contributed by atoms with E-state index in [1.54, 1.807) is 43.4 Å². The Morgan fingerprint density at radius 1 is 1.14 bits per heavy atom. The normalized spacial score (nSPS) is 15.1. The summed E-state index contributed by atoms with van der Waals surface area (Å²) < 4.78 is 0. The van der Waals surface area contributed by atoms with E-state index in [0.717, 1.165) is 27.5 Å². The molecule has 0 bridgehead atoms. The summed E-state index contributed by atoms with van der Waals surface area (Å²) in [6, 6.07) is 14.4. The number of pyridine rings is 1. The van der Waals surface area contributed by atoms with Crippen LogP contribution in [-0.4, -0.2) is 34.7 Å². The third-order valence-electron chi connectivity index (χ3n) is 4.53. The van der Waals surface area contributed by atoms with E-state index in [4.69, 9.17) is 5.73 Å². The summed E-state index contributed by atoms with van der Waals surface area (Å²) in [4.78, 5) is 13.1. The molecule has 3 aromatic rings. The predicted molar refractivity (Wildman–Crippen MR) is 118 cm³/mol. The lowest BCUT2D eigenvalue weighted by Gasteiger charge is -2.18. The molecule has 0 amide bonds. The maximum Gasteiger partial charge on any atom is 0.131 e. The van der Waals surface area contributed by atoms with Crippen molar-refractivity contribution < 1.29 is 10.2 Å². The Hall–Kier alpha value is -3.32. The summed E-state index contributed by atoms with van der Waals surface area (Å²) in [6.45, 7) is 0. The van der Waals surface area contributed by atoms with Crippen molar-refractivity contribution in [1.29, 1.82) is 0 Å². The molecule has 4 rings (SSSR count). The fraction of sp³-hybridized carbons (Fsp3) is 0.136. The van der Waals surface area contributed by atoms with E-state index in [1.807, 2.05) is 18.2 Å². The van der Waals surface area contributed by atoms with E-state index in [-0.39, 0.29) is 17.5 Å². The van der Waals surface area contributed by atoms with Crippen molar-refractivity contribution in [1.82, 2.24) is 4.98 Å². The van der Waals surface area contributed by atoms with Crippen molar-refractivity contribution in [3.05, 3.63) is 65.2 Å². The van der Waals surface area contributed by atoms with Crippen LogP contribution >= 0.6 is 11.8 Å². The zero-order valence-electron chi connectivity index (χ0n) is 15.8. The first kappa shape index (κ1) is 19.0. The van der Waals surface area contributed by atoms with Crippen molar-refractivity contribution in [2.75, 3.05) is 12.8 Å². The van der Waals surface area contributed by atoms with Gasteiger partial charge in [-0.15, -0.1) is 11.8 Å². The SMILES string of the molecule is CN=Cc1c(SCc2ccccc2)nc(N)c(C2C=N2)c1-c1cc(O)cc(O)c1. The number of nitrogen functional groups attached to an aromatic ring is 1. The number of nitrogens with zero attached hydrogens (tertiary/aromatic N) is 3. The summed E-state index contributed by atoms with van der Waals surface area (Å²) in [5.41, 5.74) is 10.5. The first-order valence-electron chi connectivity index (χ1n) is 9.05. The Kier molecular flexibility index (Phi) is 5.22. The number of rotatable bonds is 6. The van der Waals surface area contributed by atoms with Gasteiger partial charge in [-0.3, -0.25) is 9.98 Å². The van der Waals surface area contributed by atoms with E-state index >= 15 is 0 Å². The highest BCUT2D eigenvalue weighted by molar-refractivity contribution is 7.98. The van der Waals surface area contributed by atoms with Crippen LogP contribution in [0.15, 0.2) is 63.5 Å². The Bertz CT molecular complexity index is 1090. The topological polar surface area (TPSA) is 104 Å². The molecule has 1 aromatic heterocycles. The molecule has 0 aliphatic carbocycles. The summed E-state index contributed by atoms with van der Waals surface area (Å²) in [7, 11) is 1.69.